The molecule has 1 aromatic heterocycles. The molecule has 1 saturated heterocycles. The van der Waals surface area contributed by atoms with Crippen LogP contribution in [-0.2, 0) is 6.54 Å². The Morgan fingerprint density at radius 2 is 2.25 bits per heavy atom. The minimum Gasteiger partial charge on any atom is -0.346 e. The van der Waals surface area contributed by atoms with Crippen molar-refractivity contribution < 1.29 is 0 Å². The molecule has 0 radical (unpaired) electrons. The van der Waals surface area contributed by atoms with E-state index >= 15 is 0 Å². The monoisotopic (exact) mass is 185 g/mol. The zero-order chi connectivity index (χ0) is 8.39. The highest BCUT2D eigenvalue weighted by Crippen LogP contribution is 2.15. The number of imidazole rings is 1. The van der Waals surface area contributed by atoms with Crippen molar-refractivity contribution in [2.24, 2.45) is 0 Å². The molecule has 3 nitrogen and oxygen atoms in total. The van der Waals surface area contributed by atoms with Crippen LogP contribution in [-0.4, -0.2) is 28.0 Å². The first-order valence-corrected chi connectivity index (χ1v) is 4.64. The summed E-state index contributed by atoms with van der Waals surface area (Å²) in [5.74, 6) is 0. The molecular formula is C8H12ClN3. The number of H-pyrrole nitrogens is 1. The Labute approximate surface area is 76.7 Å². The zero-order valence-electron chi connectivity index (χ0n) is 6.89. The van der Waals surface area contributed by atoms with Gasteiger partial charge in [-0.15, -0.1) is 0 Å². The first-order chi connectivity index (χ1) is 5.86. The van der Waals surface area contributed by atoms with E-state index in [9.17, 15) is 0 Å². The minimum atomic E-state index is 0.613. The van der Waals surface area contributed by atoms with E-state index in [1.54, 1.807) is 6.33 Å². The SMILES string of the molecule is Clc1nc[nH]c1CN1CCCC1. The van der Waals surface area contributed by atoms with E-state index in [-0.39, 0.29) is 0 Å². The molecule has 0 aliphatic carbocycles. The summed E-state index contributed by atoms with van der Waals surface area (Å²) in [6.45, 7) is 3.30. The van der Waals surface area contributed by atoms with E-state index in [1.807, 2.05) is 0 Å². The van der Waals surface area contributed by atoms with Gasteiger partial charge in [0.05, 0.1) is 12.0 Å². The molecule has 1 aliphatic rings. The number of nitrogens with one attached hydrogen (secondary N) is 1. The van der Waals surface area contributed by atoms with Gasteiger partial charge in [0.2, 0.25) is 0 Å². The number of aromatic amines is 1. The molecule has 0 aromatic carbocycles. The van der Waals surface area contributed by atoms with Gasteiger partial charge in [0.1, 0.15) is 0 Å². The summed E-state index contributed by atoms with van der Waals surface area (Å²) in [5, 5.41) is 0.613. The van der Waals surface area contributed by atoms with E-state index < -0.39 is 0 Å². The maximum atomic E-state index is 5.85. The molecule has 0 amide bonds. The van der Waals surface area contributed by atoms with Gasteiger partial charge in [-0.3, -0.25) is 4.90 Å². The van der Waals surface area contributed by atoms with Gasteiger partial charge in [-0.05, 0) is 25.9 Å². The van der Waals surface area contributed by atoms with Crippen LogP contribution < -0.4 is 0 Å². The molecule has 0 spiro atoms. The van der Waals surface area contributed by atoms with Crippen LogP contribution in [0.1, 0.15) is 18.5 Å². The fraction of sp³-hybridized carbons (Fsp3) is 0.625. The molecule has 12 heavy (non-hydrogen) atoms. The normalized spacial score (nSPS) is 18.8. The van der Waals surface area contributed by atoms with Gasteiger partial charge in [-0.2, -0.15) is 0 Å². The van der Waals surface area contributed by atoms with Gasteiger partial charge < -0.3 is 4.98 Å². The minimum absolute atomic E-state index is 0.613. The van der Waals surface area contributed by atoms with Crippen molar-refractivity contribution in [1.29, 1.82) is 0 Å². The Balaban J connectivity index is 1.98. The lowest BCUT2D eigenvalue weighted by Crippen LogP contribution is -2.18. The van der Waals surface area contributed by atoms with E-state index in [4.69, 9.17) is 11.6 Å². The second-order valence-corrected chi connectivity index (χ2v) is 3.51. The van der Waals surface area contributed by atoms with Crippen LogP contribution >= 0.6 is 11.6 Å². The molecule has 2 heterocycles. The van der Waals surface area contributed by atoms with Gasteiger partial charge in [0.25, 0.3) is 0 Å². The molecule has 4 heteroatoms. The highest BCUT2D eigenvalue weighted by molar-refractivity contribution is 6.30. The van der Waals surface area contributed by atoms with Crippen LogP contribution in [0.4, 0.5) is 0 Å². The molecule has 1 aromatic rings. The average molecular weight is 186 g/mol. The van der Waals surface area contributed by atoms with Crippen LogP contribution in [0.25, 0.3) is 0 Å². The highest BCUT2D eigenvalue weighted by Gasteiger charge is 2.13. The third kappa shape index (κ3) is 1.62. The molecule has 1 N–H and O–H groups in total. The second-order valence-electron chi connectivity index (χ2n) is 3.16. The number of hydrogen-bond acceptors (Lipinski definition) is 2. The van der Waals surface area contributed by atoms with Gasteiger partial charge >= 0.3 is 0 Å². The number of rotatable bonds is 2. The summed E-state index contributed by atoms with van der Waals surface area (Å²) >= 11 is 5.85. The average Bonchev–Trinajstić information content (AvgIpc) is 2.65. The first kappa shape index (κ1) is 8.08. The summed E-state index contributed by atoms with van der Waals surface area (Å²) in [6, 6.07) is 0. The van der Waals surface area contributed by atoms with Gasteiger partial charge in [0, 0.05) is 6.54 Å². The zero-order valence-corrected chi connectivity index (χ0v) is 7.64. The Bertz CT molecular complexity index is 253. The predicted molar refractivity (Wildman–Crippen MR) is 48.1 cm³/mol. The van der Waals surface area contributed by atoms with Crippen molar-refractivity contribution in [2.75, 3.05) is 13.1 Å². The fourth-order valence-corrected chi connectivity index (χ4v) is 1.74. The Hall–Kier alpha value is -0.540. The fourth-order valence-electron chi connectivity index (χ4n) is 1.58. The van der Waals surface area contributed by atoms with Crippen molar-refractivity contribution in [1.82, 2.24) is 14.9 Å². The maximum Gasteiger partial charge on any atom is 0.151 e. The van der Waals surface area contributed by atoms with Crippen molar-refractivity contribution in [3.05, 3.63) is 17.2 Å². The quantitative estimate of drug-likeness (QED) is 0.760. The molecule has 1 aliphatic heterocycles. The van der Waals surface area contributed by atoms with Crippen molar-refractivity contribution in [3.63, 3.8) is 0 Å². The molecule has 2 rings (SSSR count). The van der Waals surface area contributed by atoms with E-state index in [1.165, 1.54) is 25.9 Å². The Kier molecular flexibility index (Phi) is 2.33. The summed E-state index contributed by atoms with van der Waals surface area (Å²) in [7, 11) is 0. The molecule has 0 saturated carbocycles. The third-order valence-electron chi connectivity index (χ3n) is 2.25. The van der Waals surface area contributed by atoms with E-state index in [0.717, 1.165) is 12.2 Å². The summed E-state index contributed by atoms with van der Waals surface area (Å²) in [6.07, 6.45) is 4.27. The number of nitrogens with zero attached hydrogens (tertiary/aromatic N) is 2. The Morgan fingerprint density at radius 1 is 1.50 bits per heavy atom. The van der Waals surface area contributed by atoms with Crippen LogP contribution in [0, 0.1) is 0 Å². The van der Waals surface area contributed by atoms with Crippen LogP contribution in [0.2, 0.25) is 5.15 Å². The van der Waals surface area contributed by atoms with E-state index in [0.29, 0.717) is 5.15 Å². The lowest BCUT2D eigenvalue weighted by Gasteiger charge is -2.12. The number of likely N-dealkylation sites (tertiary alicyclic amines) is 1. The highest BCUT2D eigenvalue weighted by atomic mass is 35.5. The Morgan fingerprint density at radius 3 is 2.83 bits per heavy atom. The molecular weight excluding hydrogens is 174 g/mol. The summed E-state index contributed by atoms with van der Waals surface area (Å²) in [5.41, 5.74) is 1.04. The lowest BCUT2D eigenvalue weighted by molar-refractivity contribution is 0.328. The summed E-state index contributed by atoms with van der Waals surface area (Å²) < 4.78 is 0. The lowest BCUT2D eigenvalue weighted by atomic mass is 10.4. The van der Waals surface area contributed by atoms with Crippen molar-refractivity contribution in [3.8, 4) is 0 Å². The third-order valence-corrected chi connectivity index (χ3v) is 2.57. The van der Waals surface area contributed by atoms with Gasteiger partial charge in [-0.25, -0.2) is 4.98 Å². The second kappa shape index (κ2) is 3.46. The van der Waals surface area contributed by atoms with Gasteiger partial charge in [-0.1, -0.05) is 11.6 Å². The number of aromatic nitrogens is 2. The predicted octanol–water partition coefficient (Wildman–Crippen LogP) is 1.66. The van der Waals surface area contributed by atoms with Crippen molar-refractivity contribution >= 4 is 11.6 Å². The van der Waals surface area contributed by atoms with Crippen LogP contribution in [0.5, 0.6) is 0 Å². The first-order valence-electron chi connectivity index (χ1n) is 4.26. The van der Waals surface area contributed by atoms with Crippen LogP contribution in [0.15, 0.2) is 6.33 Å². The van der Waals surface area contributed by atoms with E-state index in [2.05, 4.69) is 14.9 Å². The summed E-state index contributed by atoms with van der Waals surface area (Å²) in [4.78, 5) is 9.38. The molecule has 0 bridgehead atoms. The maximum absolute atomic E-state index is 5.85. The number of halogens is 1. The largest absolute Gasteiger partial charge is 0.346 e. The molecule has 0 atom stereocenters. The molecule has 0 unspecified atom stereocenters. The standard InChI is InChI=1S/C8H12ClN3/c9-8-7(10-6-11-8)5-12-3-1-2-4-12/h6H,1-5H2,(H,10,11). The number of hydrogen-bond donors (Lipinski definition) is 1. The van der Waals surface area contributed by atoms with Crippen LogP contribution in [0.3, 0.4) is 0 Å². The topological polar surface area (TPSA) is 31.9 Å². The molecule has 66 valence electrons. The molecule has 1 fully saturated rings. The van der Waals surface area contributed by atoms with Crippen molar-refractivity contribution in [2.45, 2.75) is 19.4 Å². The smallest absolute Gasteiger partial charge is 0.151 e. The van der Waals surface area contributed by atoms with Gasteiger partial charge in [0.15, 0.2) is 5.15 Å².